The number of nitrogens with one attached hydrogen (secondary N) is 1. The number of nitrogens with zero attached hydrogens (tertiary/aromatic N) is 4. The van der Waals surface area contributed by atoms with Crippen LogP contribution in [0.4, 0.5) is 15.0 Å². The predicted molar refractivity (Wildman–Crippen MR) is 114 cm³/mol. The Hall–Kier alpha value is -2.97. The molecule has 9 nitrogen and oxygen atoms in total. The van der Waals surface area contributed by atoms with Gasteiger partial charge in [0.25, 0.3) is 5.91 Å². The molecule has 0 aromatic carbocycles. The van der Waals surface area contributed by atoms with Crippen molar-refractivity contribution >= 4 is 51.3 Å². The van der Waals surface area contributed by atoms with Crippen LogP contribution >= 0.6 is 27.5 Å². The number of pyridine rings is 1. The number of H-pyrrole nitrogens is 1. The molecule has 0 saturated carbocycles. The van der Waals surface area contributed by atoms with Crippen molar-refractivity contribution in [3.05, 3.63) is 44.3 Å². The normalized spacial score (nSPS) is 14.2. The summed E-state index contributed by atoms with van der Waals surface area (Å²) < 4.78 is 14.3. The van der Waals surface area contributed by atoms with Gasteiger partial charge in [-0.2, -0.15) is 5.26 Å². The number of hydrogen-bond acceptors (Lipinski definition) is 6. The number of imide groups is 1. The molecular formula is C19H17BrClFN6O3. The number of aromatic amines is 1. The number of amides is 3. The molecule has 1 aliphatic rings. The van der Waals surface area contributed by atoms with Gasteiger partial charge in [-0.3, -0.25) is 9.59 Å². The number of carbonyl (C=O) groups is 3. The van der Waals surface area contributed by atoms with Gasteiger partial charge in [0, 0.05) is 30.4 Å². The Bertz CT molecular complexity index is 1110. The zero-order chi connectivity index (χ0) is 22.9. The summed E-state index contributed by atoms with van der Waals surface area (Å²) in [6.45, 7) is 2.29. The van der Waals surface area contributed by atoms with E-state index in [1.54, 1.807) is 11.8 Å². The van der Waals surface area contributed by atoms with Crippen molar-refractivity contribution in [1.82, 2.24) is 14.9 Å². The Labute approximate surface area is 190 Å². The molecule has 0 radical (unpaired) electrons. The second-order valence-corrected chi connectivity index (χ2v) is 8.15. The van der Waals surface area contributed by atoms with Crippen molar-refractivity contribution in [2.45, 2.75) is 25.8 Å². The molecule has 31 heavy (non-hydrogen) atoms. The number of piperidine rings is 1. The molecule has 3 rings (SSSR count). The number of carbonyl (C=O) groups excluding carboxylic acids is 3. The summed E-state index contributed by atoms with van der Waals surface area (Å²) in [5, 5.41) is 9.43. The highest BCUT2D eigenvalue weighted by atomic mass is 79.9. The highest BCUT2D eigenvalue weighted by Crippen LogP contribution is 2.28. The quantitative estimate of drug-likeness (QED) is 0.367. The first-order valence-corrected chi connectivity index (χ1v) is 10.3. The molecule has 0 aliphatic carbocycles. The second kappa shape index (κ2) is 9.03. The first-order valence-electron chi connectivity index (χ1n) is 9.17. The number of primary amides is 1. The number of halogens is 3. The van der Waals surface area contributed by atoms with Crippen molar-refractivity contribution in [3.63, 3.8) is 0 Å². The standard InChI is InChI=1S/C19H17BrClFN6O3/c1-9-15(20)12(8-23)16(25-9)18(30)28(19(22)31)11-2-4-27(5-3-11)14-7-10(17(24)29)6-13(21)26-14/h6-7,11,25H,2-5H2,1H3,(H2,24,29). The molecule has 3 heterocycles. The maximum absolute atomic E-state index is 13.9. The maximum Gasteiger partial charge on any atom is 0.407 e. The average molecular weight is 512 g/mol. The molecule has 2 aromatic rings. The van der Waals surface area contributed by atoms with E-state index < -0.39 is 24.0 Å². The number of nitrogens with two attached hydrogens (primary N) is 1. The molecule has 1 saturated heterocycles. The molecule has 1 aliphatic heterocycles. The number of hydrogen-bond donors (Lipinski definition) is 2. The van der Waals surface area contributed by atoms with Crippen molar-refractivity contribution in [2.75, 3.05) is 18.0 Å². The smallest absolute Gasteiger partial charge is 0.366 e. The van der Waals surface area contributed by atoms with E-state index in [1.807, 2.05) is 6.07 Å². The van der Waals surface area contributed by atoms with Gasteiger partial charge in [-0.15, -0.1) is 4.39 Å². The van der Waals surface area contributed by atoms with Gasteiger partial charge in [-0.1, -0.05) is 11.6 Å². The van der Waals surface area contributed by atoms with E-state index in [2.05, 4.69) is 25.9 Å². The topological polar surface area (TPSA) is 136 Å². The van der Waals surface area contributed by atoms with Gasteiger partial charge in [-0.05, 0) is 47.8 Å². The fraction of sp³-hybridized carbons (Fsp3) is 0.316. The molecule has 12 heteroatoms. The number of aryl methyl sites for hydroxylation is 1. The summed E-state index contributed by atoms with van der Waals surface area (Å²) in [6.07, 6.45) is -1.39. The van der Waals surface area contributed by atoms with E-state index in [1.165, 1.54) is 12.1 Å². The SMILES string of the molecule is Cc1[nH]c(C(=O)N(C(=O)F)C2CCN(c3cc(C(N)=O)cc(Cl)n3)CC2)c(C#N)c1Br. The van der Waals surface area contributed by atoms with Crippen LogP contribution in [0, 0.1) is 18.3 Å². The van der Waals surface area contributed by atoms with Gasteiger partial charge in [0.1, 0.15) is 22.7 Å². The summed E-state index contributed by atoms with van der Waals surface area (Å²) >= 11 is 9.17. The first kappa shape index (κ1) is 22.7. The van der Waals surface area contributed by atoms with E-state index in [9.17, 15) is 24.0 Å². The Morgan fingerprint density at radius 2 is 2.03 bits per heavy atom. The third-order valence-electron chi connectivity index (χ3n) is 5.06. The lowest BCUT2D eigenvalue weighted by atomic mass is 10.0. The van der Waals surface area contributed by atoms with Gasteiger partial charge in [-0.25, -0.2) is 14.7 Å². The van der Waals surface area contributed by atoms with Crippen LogP contribution in [0.1, 0.15) is 44.9 Å². The molecule has 3 amide bonds. The molecule has 2 aromatic heterocycles. The number of anilines is 1. The van der Waals surface area contributed by atoms with Crippen LogP contribution in [0.15, 0.2) is 16.6 Å². The van der Waals surface area contributed by atoms with Gasteiger partial charge in [0.05, 0.1) is 10.0 Å². The predicted octanol–water partition coefficient (Wildman–Crippen LogP) is 3.31. The lowest BCUT2D eigenvalue weighted by Crippen LogP contribution is -2.49. The van der Waals surface area contributed by atoms with Crippen molar-refractivity contribution in [2.24, 2.45) is 5.73 Å². The highest BCUT2D eigenvalue weighted by Gasteiger charge is 2.36. The highest BCUT2D eigenvalue weighted by molar-refractivity contribution is 9.10. The van der Waals surface area contributed by atoms with Crippen LogP contribution in [0.5, 0.6) is 0 Å². The minimum absolute atomic E-state index is 0.00768. The van der Waals surface area contributed by atoms with Crippen LogP contribution < -0.4 is 10.6 Å². The van der Waals surface area contributed by atoms with E-state index in [4.69, 9.17) is 17.3 Å². The monoisotopic (exact) mass is 510 g/mol. The Balaban J connectivity index is 1.80. The Morgan fingerprint density at radius 1 is 1.39 bits per heavy atom. The number of nitriles is 1. The minimum atomic E-state index is -1.90. The summed E-state index contributed by atoms with van der Waals surface area (Å²) in [5.74, 6) is -1.14. The van der Waals surface area contributed by atoms with E-state index >= 15 is 0 Å². The summed E-state index contributed by atoms with van der Waals surface area (Å²) in [4.78, 5) is 45.3. The van der Waals surface area contributed by atoms with Crippen molar-refractivity contribution in [3.8, 4) is 6.07 Å². The van der Waals surface area contributed by atoms with Gasteiger partial charge < -0.3 is 15.6 Å². The molecule has 0 atom stereocenters. The van der Waals surface area contributed by atoms with Crippen LogP contribution in [-0.4, -0.2) is 52.0 Å². The Kier molecular flexibility index (Phi) is 6.62. The van der Waals surface area contributed by atoms with E-state index in [0.29, 0.717) is 34.0 Å². The van der Waals surface area contributed by atoms with Gasteiger partial charge in [0.2, 0.25) is 5.91 Å². The summed E-state index contributed by atoms with van der Waals surface area (Å²) in [6, 6.07) is 4.02. The van der Waals surface area contributed by atoms with Crippen LogP contribution in [0.25, 0.3) is 0 Å². The van der Waals surface area contributed by atoms with Crippen molar-refractivity contribution in [1.29, 1.82) is 5.26 Å². The van der Waals surface area contributed by atoms with Crippen molar-refractivity contribution < 1.29 is 18.8 Å². The molecular weight excluding hydrogens is 495 g/mol. The molecule has 0 spiro atoms. The van der Waals surface area contributed by atoms with Crippen LogP contribution in [-0.2, 0) is 0 Å². The summed E-state index contributed by atoms with van der Waals surface area (Å²) in [5.41, 5.74) is 5.87. The average Bonchev–Trinajstić information content (AvgIpc) is 3.01. The first-order chi connectivity index (χ1) is 14.6. The Morgan fingerprint density at radius 3 is 2.58 bits per heavy atom. The van der Waals surface area contributed by atoms with Crippen LogP contribution in [0.2, 0.25) is 5.15 Å². The van der Waals surface area contributed by atoms with Crippen LogP contribution in [0.3, 0.4) is 0 Å². The summed E-state index contributed by atoms with van der Waals surface area (Å²) in [7, 11) is 0. The molecule has 162 valence electrons. The second-order valence-electron chi connectivity index (χ2n) is 6.97. The van der Waals surface area contributed by atoms with E-state index in [-0.39, 0.29) is 34.8 Å². The molecule has 3 N–H and O–H groups in total. The molecule has 0 unspecified atom stereocenters. The number of aromatic nitrogens is 2. The number of rotatable bonds is 4. The zero-order valence-electron chi connectivity index (χ0n) is 16.3. The zero-order valence-corrected chi connectivity index (χ0v) is 18.6. The largest absolute Gasteiger partial charge is 0.407 e. The molecule has 1 fully saturated rings. The van der Waals surface area contributed by atoms with E-state index in [0.717, 1.165) is 0 Å². The third kappa shape index (κ3) is 4.55. The van der Waals surface area contributed by atoms with Gasteiger partial charge in [0.15, 0.2) is 0 Å². The fourth-order valence-electron chi connectivity index (χ4n) is 3.52. The maximum atomic E-state index is 13.9. The molecule has 0 bridgehead atoms. The lowest BCUT2D eigenvalue weighted by molar-refractivity contribution is 0.0682. The van der Waals surface area contributed by atoms with Gasteiger partial charge >= 0.3 is 6.16 Å². The fourth-order valence-corrected chi connectivity index (χ4v) is 4.11. The minimum Gasteiger partial charge on any atom is -0.366 e. The lowest BCUT2D eigenvalue weighted by Gasteiger charge is -2.36. The third-order valence-corrected chi connectivity index (χ3v) is 6.25.